The molecule has 8 heteroatoms. The Bertz CT molecular complexity index is 1150. The van der Waals surface area contributed by atoms with Crippen LogP contribution in [-0.2, 0) is 16.0 Å². The smallest absolute Gasteiger partial charge is 0.241 e. The maximum Gasteiger partial charge on any atom is 0.241 e. The summed E-state index contributed by atoms with van der Waals surface area (Å²) < 4.78 is 19.2. The largest absolute Gasteiger partial charge is 0.378 e. The molecule has 0 aromatic heterocycles. The minimum absolute atomic E-state index is 0.127. The van der Waals surface area contributed by atoms with E-state index in [1.54, 1.807) is 12.1 Å². The molecule has 0 aliphatic carbocycles. The summed E-state index contributed by atoms with van der Waals surface area (Å²) in [5.74, 6) is -0.118. The summed E-state index contributed by atoms with van der Waals surface area (Å²) in [6.45, 7) is 20.4. The van der Waals surface area contributed by atoms with Crippen LogP contribution in [0, 0.1) is 11.2 Å². The van der Waals surface area contributed by atoms with E-state index in [1.165, 1.54) is 12.1 Å². The molecule has 2 fully saturated rings. The van der Waals surface area contributed by atoms with Gasteiger partial charge in [0.2, 0.25) is 5.91 Å². The van der Waals surface area contributed by atoms with E-state index < -0.39 is 0 Å². The molecule has 4 atom stereocenters. The Hall–Kier alpha value is -2.52. The van der Waals surface area contributed by atoms with Gasteiger partial charge in [0.25, 0.3) is 0 Å². The molecule has 5 rings (SSSR count). The van der Waals surface area contributed by atoms with Gasteiger partial charge in [-0.2, -0.15) is 0 Å². The zero-order valence-corrected chi connectivity index (χ0v) is 24.1. The molecule has 0 saturated carbocycles. The predicted molar refractivity (Wildman–Crippen MR) is 152 cm³/mol. The third-order valence-corrected chi connectivity index (χ3v) is 8.70. The van der Waals surface area contributed by atoms with Gasteiger partial charge in [-0.1, -0.05) is 32.6 Å². The highest BCUT2D eigenvalue weighted by Crippen LogP contribution is 2.41. The number of morpholine rings is 1. The van der Waals surface area contributed by atoms with Crippen molar-refractivity contribution in [3.05, 3.63) is 71.0 Å². The number of nitrogens with zero attached hydrogens (tertiary/aromatic N) is 3. The monoisotopic (exact) mass is 537 g/mol. The van der Waals surface area contributed by atoms with E-state index in [0.29, 0.717) is 37.6 Å². The van der Waals surface area contributed by atoms with Gasteiger partial charge in [-0.3, -0.25) is 14.6 Å². The normalized spacial score (nSPS) is 29.7. The molecule has 39 heavy (non-hydrogen) atoms. The van der Waals surface area contributed by atoms with Gasteiger partial charge in [-0.25, -0.2) is 4.39 Å². The summed E-state index contributed by atoms with van der Waals surface area (Å²) >= 11 is 0. The number of dihydropyridines is 1. The lowest BCUT2D eigenvalue weighted by Crippen LogP contribution is -2.63. The predicted octanol–water partition coefficient (Wildman–Crippen LogP) is 3.26. The third-order valence-electron chi connectivity index (χ3n) is 8.70. The van der Waals surface area contributed by atoms with Crippen LogP contribution in [0.4, 0.5) is 4.39 Å². The summed E-state index contributed by atoms with van der Waals surface area (Å²) in [5.41, 5.74) is 4.63. The van der Waals surface area contributed by atoms with Crippen molar-refractivity contribution in [1.82, 2.24) is 25.3 Å². The zero-order chi connectivity index (χ0) is 27.9. The Morgan fingerprint density at radius 1 is 1.15 bits per heavy atom. The van der Waals surface area contributed by atoms with Crippen molar-refractivity contribution >= 4 is 5.91 Å². The van der Waals surface area contributed by atoms with Crippen molar-refractivity contribution in [2.24, 2.45) is 5.41 Å². The molecule has 2 N–H and O–H groups in total. The SMILES string of the molecule is C=C1NC2=C(C=C1Cc1ccc(F)cc1)N(C(=O)CN1C[C@@H](C)NC[C@@H]1CN1[C@H](C)COC[C@H]1C)CC2(C)C. The quantitative estimate of drug-likeness (QED) is 0.581. The molecule has 7 nitrogen and oxygen atoms in total. The number of benzene rings is 1. The fraction of sp³-hybridized carbons (Fsp3) is 0.581. The van der Waals surface area contributed by atoms with Gasteiger partial charge >= 0.3 is 0 Å². The Balaban J connectivity index is 1.34. The molecule has 1 aromatic rings. The topological polar surface area (TPSA) is 60.1 Å². The van der Waals surface area contributed by atoms with Gasteiger partial charge in [-0.15, -0.1) is 0 Å². The van der Waals surface area contributed by atoms with Crippen molar-refractivity contribution in [3.63, 3.8) is 0 Å². The van der Waals surface area contributed by atoms with E-state index in [1.807, 2.05) is 4.90 Å². The van der Waals surface area contributed by atoms with E-state index in [4.69, 9.17) is 4.74 Å². The van der Waals surface area contributed by atoms with E-state index >= 15 is 0 Å². The number of carbonyl (C=O) groups excluding carboxylic acids is 1. The fourth-order valence-electron chi connectivity index (χ4n) is 6.41. The Kier molecular flexibility index (Phi) is 8.02. The highest BCUT2D eigenvalue weighted by molar-refractivity contribution is 5.82. The maximum atomic E-state index is 14.0. The standard InChI is InChI=1S/C31H44FN5O2/c1-20-14-35(27(13-33-20)15-36-21(2)17-39-18-22(36)3)16-29(38)37-19-31(5,6)30-28(37)12-25(23(4)34-30)11-24-7-9-26(32)10-8-24/h7-10,12,20-22,27,33-34H,4,11,13-19H2,1-3,5-6H3/t20-,21-,22-,27-/m1/s1. The lowest BCUT2D eigenvalue weighted by molar-refractivity contribution is -0.132. The first-order valence-electron chi connectivity index (χ1n) is 14.3. The molecule has 2 saturated heterocycles. The molecular weight excluding hydrogens is 493 g/mol. The molecule has 0 radical (unpaired) electrons. The fourth-order valence-corrected chi connectivity index (χ4v) is 6.41. The van der Waals surface area contributed by atoms with Crippen LogP contribution in [0.25, 0.3) is 0 Å². The molecule has 0 bridgehead atoms. The second kappa shape index (κ2) is 11.2. The Morgan fingerprint density at radius 3 is 2.54 bits per heavy atom. The van der Waals surface area contributed by atoms with Gasteiger partial charge in [0.1, 0.15) is 5.82 Å². The minimum Gasteiger partial charge on any atom is -0.378 e. The van der Waals surface area contributed by atoms with Crippen LogP contribution in [-0.4, -0.2) is 90.7 Å². The molecule has 212 valence electrons. The van der Waals surface area contributed by atoms with Crippen LogP contribution in [0.1, 0.15) is 40.2 Å². The Morgan fingerprint density at radius 2 is 1.85 bits per heavy atom. The summed E-state index contributed by atoms with van der Waals surface area (Å²) in [5, 5.41) is 7.16. The average Bonchev–Trinajstić information content (AvgIpc) is 3.14. The van der Waals surface area contributed by atoms with Crippen LogP contribution in [0.3, 0.4) is 0 Å². The van der Waals surface area contributed by atoms with Crippen molar-refractivity contribution in [2.75, 3.05) is 45.9 Å². The average molecular weight is 538 g/mol. The molecule has 4 aliphatic rings. The number of ether oxygens (including phenoxy) is 1. The molecular formula is C31H44FN5O2. The van der Waals surface area contributed by atoms with Gasteiger partial charge < -0.3 is 20.3 Å². The number of carbonyl (C=O) groups is 1. The van der Waals surface area contributed by atoms with E-state index in [2.05, 4.69) is 67.7 Å². The third kappa shape index (κ3) is 5.99. The second-order valence-corrected chi connectivity index (χ2v) is 12.5. The Labute approximate surface area is 232 Å². The molecule has 4 aliphatic heterocycles. The van der Waals surface area contributed by atoms with Crippen LogP contribution in [0.5, 0.6) is 0 Å². The van der Waals surface area contributed by atoms with Crippen molar-refractivity contribution in [2.45, 2.75) is 65.2 Å². The van der Waals surface area contributed by atoms with E-state index in [-0.39, 0.29) is 23.2 Å². The summed E-state index contributed by atoms with van der Waals surface area (Å²) in [7, 11) is 0. The zero-order valence-electron chi connectivity index (χ0n) is 24.1. The van der Waals surface area contributed by atoms with Crippen LogP contribution >= 0.6 is 0 Å². The van der Waals surface area contributed by atoms with Crippen molar-refractivity contribution in [3.8, 4) is 0 Å². The summed E-state index contributed by atoms with van der Waals surface area (Å²) in [4.78, 5) is 20.9. The number of halogens is 1. The summed E-state index contributed by atoms with van der Waals surface area (Å²) in [6.07, 6.45) is 2.73. The number of allylic oxidation sites excluding steroid dienone is 2. The number of rotatable bonds is 6. The highest BCUT2D eigenvalue weighted by Gasteiger charge is 2.43. The lowest BCUT2D eigenvalue weighted by atomic mass is 9.88. The number of hydrogen-bond acceptors (Lipinski definition) is 6. The number of hydrogen-bond donors (Lipinski definition) is 2. The lowest BCUT2D eigenvalue weighted by Gasteiger charge is -2.46. The molecule has 0 spiro atoms. The molecule has 1 aromatic carbocycles. The molecule has 1 amide bonds. The molecule has 0 unspecified atom stereocenters. The number of piperazine rings is 1. The van der Waals surface area contributed by atoms with Gasteiger partial charge in [0, 0.05) is 67.2 Å². The van der Waals surface area contributed by atoms with Gasteiger partial charge in [-0.05, 0) is 56.5 Å². The highest BCUT2D eigenvalue weighted by atomic mass is 19.1. The first-order chi connectivity index (χ1) is 18.5. The van der Waals surface area contributed by atoms with Crippen LogP contribution in [0.15, 0.2) is 59.6 Å². The molecule has 4 heterocycles. The van der Waals surface area contributed by atoms with Crippen LogP contribution in [0.2, 0.25) is 0 Å². The number of amides is 1. The van der Waals surface area contributed by atoms with Crippen LogP contribution < -0.4 is 10.6 Å². The minimum atomic E-state index is -0.245. The summed E-state index contributed by atoms with van der Waals surface area (Å²) in [6, 6.07) is 7.89. The second-order valence-electron chi connectivity index (χ2n) is 12.5. The first kappa shape index (κ1) is 28.0. The van der Waals surface area contributed by atoms with E-state index in [9.17, 15) is 9.18 Å². The van der Waals surface area contributed by atoms with Crippen molar-refractivity contribution in [1.29, 1.82) is 0 Å². The van der Waals surface area contributed by atoms with Gasteiger partial charge in [0.15, 0.2) is 0 Å². The first-order valence-corrected chi connectivity index (χ1v) is 14.3. The van der Waals surface area contributed by atoms with Gasteiger partial charge in [0.05, 0.1) is 25.5 Å². The number of nitrogens with one attached hydrogen (secondary N) is 2. The van der Waals surface area contributed by atoms with Crippen molar-refractivity contribution < 1.29 is 13.9 Å². The maximum absolute atomic E-state index is 14.0. The van der Waals surface area contributed by atoms with E-state index in [0.717, 1.165) is 61.1 Å².